The first-order valence-electron chi connectivity index (χ1n) is 28.3. The second-order valence-corrected chi connectivity index (χ2v) is 27.9. The van der Waals surface area contributed by atoms with Crippen LogP contribution < -0.4 is 21.9 Å². The highest BCUT2D eigenvalue weighted by Crippen LogP contribution is 2.31. The van der Waals surface area contributed by atoms with Crippen molar-refractivity contribution in [2.75, 3.05) is 12.8 Å². The number of azo groups is 1. The van der Waals surface area contributed by atoms with Crippen molar-refractivity contribution in [3.63, 3.8) is 0 Å². The quantitative estimate of drug-likeness (QED) is 0.0194. The fourth-order valence-electron chi connectivity index (χ4n) is 10.3. The number of fused-ring (bicyclic) bond motifs is 2. The fourth-order valence-corrected chi connectivity index (χ4v) is 14.7. The number of methoxy groups -OCH3 is 1. The van der Waals surface area contributed by atoms with Crippen molar-refractivity contribution in [2.24, 2.45) is 10.2 Å². The molecule has 0 saturated heterocycles. The largest absolute Gasteiger partial charge is 0.496 e. The topological polar surface area (TPSA) is 388 Å². The Labute approximate surface area is 537 Å². The first kappa shape index (κ1) is 66.3. The lowest BCUT2D eigenvalue weighted by atomic mass is 10.0. The van der Waals surface area contributed by atoms with Gasteiger partial charge in [-0.1, -0.05) is 115 Å². The molecule has 478 valence electrons. The van der Waals surface area contributed by atoms with E-state index in [-0.39, 0.29) is 102 Å². The van der Waals surface area contributed by atoms with Crippen LogP contribution in [0.2, 0.25) is 0 Å². The van der Waals surface area contributed by atoms with Crippen molar-refractivity contribution in [1.29, 1.82) is 0 Å². The molecule has 28 heteroatoms. The van der Waals surface area contributed by atoms with Gasteiger partial charge < -0.3 is 10.5 Å². The summed E-state index contributed by atoms with van der Waals surface area (Å²) in [5.41, 5.74) is 7.28. The molecule has 11 aromatic rings. The molecule has 0 aliphatic heterocycles. The summed E-state index contributed by atoms with van der Waals surface area (Å²) >= 11 is 0. The molecular formula is C66H55N9O15S4. The maximum absolute atomic E-state index is 13.4. The monoisotopic (exact) mass is 1340 g/mol. The number of sulfone groups is 2. The van der Waals surface area contributed by atoms with Gasteiger partial charge in [-0.25, -0.2) is 36.4 Å². The molecule has 0 amide bonds. The number of H-pyrrole nitrogens is 2. The highest BCUT2D eigenvalue weighted by atomic mass is 32.2. The minimum atomic E-state index is -4.64. The Hall–Kier alpha value is -10.6. The standard InChI is InChI=1S/C39H33N5O9S2.C27H22N4O6S2/c1-24(45)37(33(46)22-27-8-4-6-10-34(27)53-2)44-43-29-15-19-31(20-16-29)54(48,49)30-17-11-25(12-18-30)21-35-40-36(42-39(47)41-35)23-28-14-13-26-7-3-5-9-32(26)38(28)55(50,51)52;28-20-9-13-22(14-10-20)38(33,34)21-11-5-17(6-12-21)15-24-29-25(31-27(32)30-24)16-19-8-7-18-3-1-2-4-23(18)26(19)39(35,36)37/h3-20,37H,21-23H2,1-2H3,(H,50,51,52)(H,40,41,42,47);1-14H,15-16,28H2,(H,35,36,37)(H,29,30,31,32). The lowest BCUT2D eigenvalue weighted by molar-refractivity contribution is -0.127. The molecule has 9 aromatic carbocycles. The summed E-state index contributed by atoms with van der Waals surface area (Å²) in [5, 5.41) is 9.88. The molecule has 0 aliphatic rings. The lowest BCUT2D eigenvalue weighted by Gasteiger charge is -2.11. The van der Waals surface area contributed by atoms with Gasteiger partial charge in [0.25, 0.3) is 20.2 Å². The number of nitrogens with one attached hydrogen (secondary N) is 2. The molecule has 6 N–H and O–H groups in total. The number of anilines is 1. The van der Waals surface area contributed by atoms with Crippen LogP contribution in [-0.2, 0) is 81.6 Å². The number of aromatic nitrogens is 6. The second-order valence-electron chi connectivity index (χ2n) is 21.3. The number of benzene rings is 9. The summed E-state index contributed by atoms with van der Waals surface area (Å²) in [4.78, 5) is 71.2. The highest BCUT2D eigenvalue weighted by molar-refractivity contribution is 7.91. The third-order valence-corrected chi connectivity index (χ3v) is 20.3. The average Bonchev–Trinajstić information content (AvgIpc) is 0.850. The Morgan fingerprint density at radius 3 is 1.33 bits per heavy atom. The van der Waals surface area contributed by atoms with E-state index in [1.165, 1.54) is 92.9 Å². The van der Waals surface area contributed by atoms with Crippen LogP contribution in [-0.4, -0.2) is 97.4 Å². The van der Waals surface area contributed by atoms with Crippen molar-refractivity contribution >= 4 is 84.4 Å². The van der Waals surface area contributed by atoms with E-state index in [1.54, 1.807) is 115 Å². The van der Waals surface area contributed by atoms with Crippen LogP contribution in [0, 0.1) is 0 Å². The molecule has 0 radical (unpaired) electrons. The number of nitrogens with zero attached hydrogens (tertiary/aromatic N) is 6. The average molecular weight is 1340 g/mol. The Kier molecular flexibility index (Phi) is 19.5. The fraction of sp³-hybridized carbons (Fsp3) is 0.121. The third kappa shape index (κ3) is 15.6. The third-order valence-electron chi connectivity index (χ3n) is 14.7. The van der Waals surface area contributed by atoms with E-state index in [0.717, 1.165) is 0 Å². The molecule has 0 spiro atoms. The molecule has 0 bridgehead atoms. The van der Waals surface area contributed by atoms with E-state index in [0.29, 0.717) is 49.7 Å². The summed E-state index contributed by atoms with van der Waals surface area (Å²) < 4.78 is 127. The Morgan fingerprint density at radius 2 is 0.904 bits per heavy atom. The van der Waals surface area contributed by atoms with Crippen LogP contribution >= 0.6 is 0 Å². The van der Waals surface area contributed by atoms with Crippen LogP contribution in [0.15, 0.2) is 243 Å². The van der Waals surface area contributed by atoms with Crippen molar-refractivity contribution in [3.8, 4) is 5.75 Å². The number of hydrogen-bond acceptors (Lipinski definition) is 20. The van der Waals surface area contributed by atoms with Gasteiger partial charge >= 0.3 is 11.4 Å². The van der Waals surface area contributed by atoms with Gasteiger partial charge in [-0.15, -0.1) is 0 Å². The van der Waals surface area contributed by atoms with Crippen molar-refractivity contribution < 1.29 is 57.1 Å². The molecule has 1 atom stereocenters. The summed E-state index contributed by atoms with van der Waals surface area (Å²) in [6, 6.07) is 49.0. The van der Waals surface area contributed by atoms with E-state index in [9.17, 15) is 62.0 Å². The summed E-state index contributed by atoms with van der Waals surface area (Å²) in [6.07, 6.45) is -0.108. The number of nitrogen functional groups attached to an aromatic ring is 1. The predicted molar refractivity (Wildman–Crippen MR) is 346 cm³/mol. The zero-order valence-electron chi connectivity index (χ0n) is 49.7. The minimum absolute atomic E-state index is 0.00452. The molecule has 94 heavy (non-hydrogen) atoms. The normalized spacial score (nSPS) is 12.3. The Balaban J connectivity index is 0.000000217. The number of rotatable bonds is 21. The van der Waals surface area contributed by atoms with Gasteiger partial charge in [0.05, 0.1) is 32.4 Å². The van der Waals surface area contributed by atoms with Gasteiger partial charge in [0.15, 0.2) is 17.6 Å². The number of para-hydroxylation sites is 1. The number of carbonyl (C=O) groups is 2. The number of ether oxygens (including phenoxy) is 1. The number of Topliss-reactive ketones (excluding diaryl/α,β-unsaturated/α-hetero) is 2. The Morgan fingerprint density at radius 1 is 0.500 bits per heavy atom. The molecule has 1 unspecified atom stereocenters. The first-order valence-corrected chi connectivity index (χ1v) is 34.2. The second kappa shape index (κ2) is 27.7. The van der Waals surface area contributed by atoms with E-state index in [1.807, 2.05) is 0 Å². The maximum atomic E-state index is 13.4. The van der Waals surface area contributed by atoms with Crippen LogP contribution in [0.1, 0.15) is 58.0 Å². The van der Waals surface area contributed by atoms with E-state index in [4.69, 9.17) is 10.5 Å². The summed E-state index contributed by atoms with van der Waals surface area (Å²) in [5.74, 6) is 0.102. The lowest BCUT2D eigenvalue weighted by Crippen LogP contribution is -2.27. The number of hydrogen-bond donors (Lipinski definition) is 5. The van der Waals surface area contributed by atoms with Gasteiger partial charge in [0.1, 0.15) is 38.8 Å². The SMILES string of the molecule is COc1ccccc1CC(=O)C(N=Nc1ccc(S(=O)(=O)c2ccc(Cc3nc(Cc4ccc5ccccc5c4S(=O)(=O)O)nc(=O)[nH]3)cc2)cc1)C(C)=O.Nc1ccc(S(=O)(=O)c2ccc(Cc3nc(Cc4ccc5ccccc5c4S(=O)(=O)O)nc(=O)[nH]3)cc2)cc1. The van der Waals surface area contributed by atoms with Crippen LogP contribution in [0.25, 0.3) is 21.5 Å². The van der Waals surface area contributed by atoms with Crippen LogP contribution in [0.4, 0.5) is 11.4 Å². The number of ketones is 2. The molecule has 0 fully saturated rings. The number of carbonyl (C=O) groups excluding carboxylic acids is 2. The number of aromatic amines is 2. The minimum Gasteiger partial charge on any atom is -0.496 e. The number of nitrogens with two attached hydrogens (primary N) is 1. The molecule has 11 rings (SSSR count). The Bertz CT molecular complexity index is 5370. The van der Waals surface area contributed by atoms with Gasteiger partial charge in [-0.2, -0.15) is 37.0 Å². The van der Waals surface area contributed by atoms with Crippen molar-refractivity contribution in [3.05, 3.63) is 266 Å². The zero-order valence-corrected chi connectivity index (χ0v) is 52.9. The van der Waals surface area contributed by atoms with Gasteiger partial charge in [0, 0.05) is 54.1 Å². The van der Waals surface area contributed by atoms with Crippen LogP contribution in [0.3, 0.4) is 0 Å². The van der Waals surface area contributed by atoms with Crippen molar-refractivity contribution in [2.45, 2.75) is 74.4 Å². The molecule has 0 aliphatic carbocycles. The predicted octanol–water partition coefficient (Wildman–Crippen LogP) is 8.60. The molecule has 2 aromatic heterocycles. The first-order chi connectivity index (χ1) is 44.7. The van der Waals surface area contributed by atoms with Crippen LogP contribution in [0.5, 0.6) is 5.75 Å². The zero-order chi connectivity index (χ0) is 67.1. The van der Waals surface area contributed by atoms with E-state index in [2.05, 4.69) is 40.1 Å². The van der Waals surface area contributed by atoms with Gasteiger partial charge in [0.2, 0.25) is 19.7 Å². The molecule has 0 saturated carbocycles. The van der Waals surface area contributed by atoms with Crippen molar-refractivity contribution in [1.82, 2.24) is 29.9 Å². The smallest absolute Gasteiger partial charge is 0.348 e. The molecule has 24 nitrogen and oxygen atoms in total. The molecule has 2 heterocycles. The van der Waals surface area contributed by atoms with E-state index >= 15 is 0 Å². The highest BCUT2D eigenvalue weighted by Gasteiger charge is 2.26. The summed E-state index contributed by atoms with van der Waals surface area (Å²) in [6.45, 7) is 1.24. The van der Waals surface area contributed by atoms with Gasteiger partial charge in [-0.3, -0.25) is 28.7 Å². The van der Waals surface area contributed by atoms with E-state index < -0.39 is 68.9 Å². The summed E-state index contributed by atoms with van der Waals surface area (Å²) in [7, 11) is -15.4. The molecular weight excluding hydrogens is 1290 g/mol. The van der Waals surface area contributed by atoms with Gasteiger partial charge in [-0.05, 0) is 119 Å². The maximum Gasteiger partial charge on any atom is 0.348 e.